The van der Waals surface area contributed by atoms with Gasteiger partial charge in [-0.1, -0.05) is 30.3 Å². The first-order valence-corrected chi connectivity index (χ1v) is 11.8. The molecular weight excluding hydrogens is 408 g/mol. The first-order valence-electron chi connectivity index (χ1n) is 10.9. The minimum absolute atomic E-state index is 0.764. The van der Waals surface area contributed by atoms with Crippen molar-refractivity contribution in [3.05, 3.63) is 53.3 Å². The van der Waals surface area contributed by atoms with Crippen LogP contribution in [0.25, 0.3) is 10.6 Å². The van der Waals surface area contributed by atoms with E-state index < -0.39 is 0 Å². The molecule has 2 aromatic heterocycles. The zero-order valence-electron chi connectivity index (χ0n) is 17.9. The number of thiazole rings is 1. The van der Waals surface area contributed by atoms with Crippen molar-refractivity contribution in [2.24, 2.45) is 0 Å². The summed E-state index contributed by atoms with van der Waals surface area (Å²) in [7, 11) is 0. The van der Waals surface area contributed by atoms with Gasteiger partial charge >= 0.3 is 0 Å². The number of aromatic nitrogens is 3. The Morgan fingerprint density at radius 2 is 1.55 bits per heavy atom. The third kappa shape index (κ3) is 4.87. The molecule has 0 bridgehead atoms. The quantitative estimate of drug-likeness (QED) is 0.609. The third-order valence-corrected chi connectivity index (χ3v) is 6.74. The molecule has 1 aromatic carbocycles. The Bertz CT molecular complexity index is 996. The van der Waals surface area contributed by atoms with E-state index in [-0.39, 0.29) is 0 Å². The summed E-state index contributed by atoms with van der Waals surface area (Å²) >= 11 is 1.73. The number of ether oxygens (including phenoxy) is 1. The molecule has 7 nitrogen and oxygen atoms in total. The smallest absolute Gasteiger partial charge is 0.134 e. The van der Waals surface area contributed by atoms with Gasteiger partial charge in [0.25, 0.3) is 0 Å². The Kier molecular flexibility index (Phi) is 6.11. The number of anilines is 2. The van der Waals surface area contributed by atoms with Crippen molar-refractivity contribution < 1.29 is 4.74 Å². The summed E-state index contributed by atoms with van der Waals surface area (Å²) in [6.45, 7) is 10.1. The highest BCUT2D eigenvalue weighted by atomic mass is 32.1. The molecule has 2 aliphatic heterocycles. The summed E-state index contributed by atoms with van der Waals surface area (Å²) in [5, 5.41) is 3.29. The molecule has 0 amide bonds. The normalized spacial score (nSPS) is 17.8. The molecule has 2 fully saturated rings. The van der Waals surface area contributed by atoms with Crippen LogP contribution in [0.4, 0.5) is 11.6 Å². The fraction of sp³-hybridized carbons (Fsp3) is 0.435. The molecule has 0 radical (unpaired) electrons. The SMILES string of the molecule is Cc1nc(N2CCOCC2)cc(N2CCN(Cc3csc(-c4ccccc4)n3)CC2)n1. The lowest BCUT2D eigenvalue weighted by Crippen LogP contribution is -2.46. The Labute approximate surface area is 187 Å². The molecule has 0 saturated carbocycles. The Balaban J connectivity index is 1.20. The van der Waals surface area contributed by atoms with Crippen LogP contribution in [0, 0.1) is 6.92 Å². The summed E-state index contributed by atoms with van der Waals surface area (Å²) in [6, 6.07) is 12.6. The molecule has 162 valence electrons. The van der Waals surface area contributed by atoms with Gasteiger partial charge in [-0.15, -0.1) is 11.3 Å². The predicted molar refractivity (Wildman–Crippen MR) is 125 cm³/mol. The van der Waals surface area contributed by atoms with Crippen LogP contribution in [0.3, 0.4) is 0 Å². The topological polar surface area (TPSA) is 57.6 Å². The van der Waals surface area contributed by atoms with Crippen molar-refractivity contribution in [1.82, 2.24) is 19.9 Å². The van der Waals surface area contributed by atoms with Crippen LogP contribution in [0.1, 0.15) is 11.5 Å². The maximum atomic E-state index is 5.48. The van der Waals surface area contributed by atoms with Crippen molar-refractivity contribution in [1.29, 1.82) is 0 Å². The van der Waals surface area contributed by atoms with E-state index in [1.807, 2.05) is 13.0 Å². The van der Waals surface area contributed by atoms with E-state index in [2.05, 4.69) is 55.4 Å². The average Bonchev–Trinajstić information content (AvgIpc) is 3.29. The van der Waals surface area contributed by atoms with Gasteiger partial charge in [0.05, 0.1) is 18.9 Å². The van der Waals surface area contributed by atoms with Crippen LogP contribution in [-0.2, 0) is 11.3 Å². The first kappa shape index (κ1) is 20.4. The van der Waals surface area contributed by atoms with E-state index in [9.17, 15) is 0 Å². The summed E-state index contributed by atoms with van der Waals surface area (Å²) in [5.74, 6) is 2.88. The van der Waals surface area contributed by atoms with Gasteiger partial charge in [-0.3, -0.25) is 4.90 Å². The van der Waals surface area contributed by atoms with Gasteiger partial charge < -0.3 is 14.5 Å². The van der Waals surface area contributed by atoms with Gasteiger partial charge in [-0.25, -0.2) is 15.0 Å². The van der Waals surface area contributed by atoms with Gasteiger partial charge in [0.15, 0.2) is 0 Å². The molecule has 5 rings (SSSR count). The van der Waals surface area contributed by atoms with Gasteiger partial charge in [-0.05, 0) is 6.92 Å². The number of piperazine rings is 1. The van der Waals surface area contributed by atoms with Crippen molar-refractivity contribution in [2.75, 3.05) is 62.3 Å². The van der Waals surface area contributed by atoms with Crippen LogP contribution < -0.4 is 9.80 Å². The molecule has 0 unspecified atom stereocenters. The number of hydrogen-bond donors (Lipinski definition) is 0. The van der Waals surface area contributed by atoms with Crippen LogP contribution in [0.2, 0.25) is 0 Å². The van der Waals surface area contributed by atoms with E-state index >= 15 is 0 Å². The van der Waals surface area contributed by atoms with E-state index in [1.54, 1.807) is 11.3 Å². The average molecular weight is 437 g/mol. The maximum Gasteiger partial charge on any atom is 0.134 e. The molecular formula is C23H28N6OS. The molecule has 4 heterocycles. The Morgan fingerprint density at radius 1 is 0.871 bits per heavy atom. The number of aryl methyl sites for hydroxylation is 1. The van der Waals surface area contributed by atoms with Crippen LogP contribution >= 0.6 is 11.3 Å². The zero-order chi connectivity index (χ0) is 21.0. The number of benzene rings is 1. The van der Waals surface area contributed by atoms with Crippen molar-refractivity contribution in [3.8, 4) is 10.6 Å². The van der Waals surface area contributed by atoms with Gasteiger partial charge in [-0.2, -0.15) is 0 Å². The van der Waals surface area contributed by atoms with Crippen LogP contribution in [0.15, 0.2) is 41.8 Å². The first-order chi connectivity index (χ1) is 15.2. The van der Waals surface area contributed by atoms with Crippen LogP contribution in [0.5, 0.6) is 0 Å². The van der Waals surface area contributed by atoms with Gasteiger partial charge in [0.2, 0.25) is 0 Å². The lowest BCUT2D eigenvalue weighted by atomic mass is 10.2. The molecule has 0 aliphatic carbocycles. The highest BCUT2D eigenvalue weighted by Crippen LogP contribution is 2.25. The number of morpholine rings is 1. The molecule has 0 N–H and O–H groups in total. The van der Waals surface area contributed by atoms with E-state index in [1.165, 1.54) is 5.56 Å². The maximum absolute atomic E-state index is 5.48. The zero-order valence-corrected chi connectivity index (χ0v) is 18.7. The summed E-state index contributed by atoms with van der Waals surface area (Å²) in [4.78, 5) is 21.4. The fourth-order valence-electron chi connectivity index (χ4n) is 4.11. The second-order valence-electron chi connectivity index (χ2n) is 8.00. The van der Waals surface area contributed by atoms with E-state index in [0.29, 0.717) is 0 Å². The van der Waals surface area contributed by atoms with Gasteiger partial charge in [0, 0.05) is 62.8 Å². The molecule has 0 spiro atoms. The largest absolute Gasteiger partial charge is 0.378 e. The number of nitrogens with zero attached hydrogens (tertiary/aromatic N) is 6. The fourth-order valence-corrected chi connectivity index (χ4v) is 4.93. The minimum atomic E-state index is 0.764. The Hall–Kier alpha value is -2.55. The molecule has 0 atom stereocenters. The molecule has 3 aromatic rings. The van der Waals surface area contributed by atoms with Crippen molar-refractivity contribution in [2.45, 2.75) is 13.5 Å². The molecule has 31 heavy (non-hydrogen) atoms. The number of hydrogen-bond acceptors (Lipinski definition) is 8. The van der Waals surface area contributed by atoms with Crippen molar-refractivity contribution >= 4 is 23.0 Å². The van der Waals surface area contributed by atoms with Gasteiger partial charge in [0.1, 0.15) is 22.5 Å². The monoisotopic (exact) mass is 436 g/mol. The van der Waals surface area contributed by atoms with E-state index in [0.717, 1.165) is 87.2 Å². The second-order valence-corrected chi connectivity index (χ2v) is 8.86. The molecule has 2 aliphatic rings. The van der Waals surface area contributed by atoms with Crippen LogP contribution in [-0.4, -0.2) is 72.3 Å². The highest BCUT2D eigenvalue weighted by Gasteiger charge is 2.21. The number of rotatable bonds is 5. The lowest BCUT2D eigenvalue weighted by molar-refractivity contribution is 0.122. The van der Waals surface area contributed by atoms with Crippen molar-refractivity contribution in [3.63, 3.8) is 0 Å². The van der Waals surface area contributed by atoms with E-state index in [4.69, 9.17) is 14.7 Å². The lowest BCUT2D eigenvalue weighted by Gasteiger charge is -2.35. The summed E-state index contributed by atoms with van der Waals surface area (Å²) in [6.07, 6.45) is 0. The highest BCUT2D eigenvalue weighted by molar-refractivity contribution is 7.13. The molecule has 8 heteroatoms. The minimum Gasteiger partial charge on any atom is -0.378 e. The molecule has 2 saturated heterocycles. The standard InChI is InChI=1S/C23H28N6OS/c1-18-24-21(15-22(25-18)29-11-13-30-14-12-29)28-9-7-27(8-10-28)16-20-17-31-23(26-20)19-5-3-2-4-6-19/h2-6,15,17H,7-14,16H2,1H3. The summed E-state index contributed by atoms with van der Waals surface area (Å²) in [5.41, 5.74) is 2.35. The second kappa shape index (κ2) is 9.30. The predicted octanol–water partition coefficient (Wildman–Crippen LogP) is 3.07. The summed E-state index contributed by atoms with van der Waals surface area (Å²) < 4.78 is 5.48. The Morgan fingerprint density at radius 3 is 2.26 bits per heavy atom. The third-order valence-electron chi connectivity index (χ3n) is 5.80.